The van der Waals surface area contributed by atoms with Crippen LogP contribution in [0, 0.1) is 5.92 Å². The molecule has 0 aromatic rings. The molecule has 1 aliphatic rings. The Balaban J connectivity index is 2.01. The topological polar surface area (TPSA) is 29.5 Å². The van der Waals surface area contributed by atoms with E-state index >= 15 is 0 Å². The van der Waals surface area contributed by atoms with Gasteiger partial charge < -0.3 is 9.84 Å². The van der Waals surface area contributed by atoms with Gasteiger partial charge in [0.05, 0.1) is 6.10 Å². The van der Waals surface area contributed by atoms with Crippen molar-refractivity contribution in [2.45, 2.75) is 71.2 Å². The average molecular weight is 200 g/mol. The third-order valence-corrected chi connectivity index (χ3v) is 3.09. The zero-order valence-corrected chi connectivity index (χ0v) is 9.54. The molecule has 1 aliphatic heterocycles. The number of aliphatic hydroxyl groups excluding tert-OH is 1. The van der Waals surface area contributed by atoms with E-state index in [1.807, 2.05) is 6.92 Å². The molecule has 1 fully saturated rings. The van der Waals surface area contributed by atoms with Gasteiger partial charge >= 0.3 is 0 Å². The monoisotopic (exact) mass is 200 g/mol. The van der Waals surface area contributed by atoms with Gasteiger partial charge in [0.2, 0.25) is 0 Å². The molecule has 0 aliphatic carbocycles. The summed E-state index contributed by atoms with van der Waals surface area (Å²) >= 11 is 0. The second kappa shape index (κ2) is 6.41. The van der Waals surface area contributed by atoms with Crippen LogP contribution in [-0.2, 0) is 4.74 Å². The third-order valence-electron chi connectivity index (χ3n) is 3.09. The summed E-state index contributed by atoms with van der Waals surface area (Å²) in [4.78, 5) is 0. The van der Waals surface area contributed by atoms with E-state index in [9.17, 15) is 5.11 Å². The lowest BCUT2D eigenvalue weighted by Gasteiger charge is -2.11. The molecule has 0 aromatic heterocycles. The molecule has 2 unspecified atom stereocenters. The molecule has 3 atom stereocenters. The lowest BCUT2D eigenvalue weighted by atomic mass is 9.97. The number of rotatable bonds is 6. The van der Waals surface area contributed by atoms with E-state index in [1.165, 1.54) is 32.1 Å². The summed E-state index contributed by atoms with van der Waals surface area (Å²) in [6.45, 7) is 4.27. The highest BCUT2D eigenvalue weighted by Crippen LogP contribution is 2.29. The fourth-order valence-electron chi connectivity index (χ4n) is 2.22. The first-order chi connectivity index (χ1) is 6.74. The minimum absolute atomic E-state index is 0.255. The Hall–Kier alpha value is -0.0800. The van der Waals surface area contributed by atoms with Crippen molar-refractivity contribution >= 4 is 0 Å². The van der Waals surface area contributed by atoms with E-state index in [4.69, 9.17) is 4.74 Å². The number of ether oxygens (including phenoxy) is 1. The van der Waals surface area contributed by atoms with Gasteiger partial charge in [-0.15, -0.1) is 0 Å². The Kier molecular flexibility index (Phi) is 5.49. The normalized spacial score (nSPS) is 32.4. The Labute approximate surface area is 87.7 Å². The molecule has 84 valence electrons. The van der Waals surface area contributed by atoms with Crippen molar-refractivity contribution in [2.24, 2.45) is 5.92 Å². The average Bonchev–Trinajstić information content (AvgIpc) is 2.45. The number of aliphatic hydroxyl groups is 1. The van der Waals surface area contributed by atoms with E-state index in [0.717, 1.165) is 12.8 Å². The molecule has 1 N–H and O–H groups in total. The molecule has 14 heavy (non-hydrogen) atoms. The summed E-state index contributed by atoms with van der Waals surface area (Å²) in [5.41, 5.74) is 0. The van der Waals surface area contributed by atoms with E-state index < -0.39 is 6.29 Å². The lowest BCUT2D eigenvalue weighted by molar-refractivity contribution is -0.105. The number of hydrogen-bond acceptors (Lipinski definition) is 2. The van der Waals surface area contributed by atoms with Crippen LogP contribution >= 0.6 is 0 Å². The van der Waals surface area contributed by atoms with E-state index in [-0.39, 0.29) is 6.10 Å². The van der Waals surface area contributed by atoms with Gasteiger partial charge in [0, 0.05) is 5.92 Å². The predicted molar refractivity (Wildman–Crippen MR) is 58.0 cm³/mol. The Morgan fingerprint density at radius 3 is 2.50 bits per heavy atom. The van der Waals surface area contributed by atoms with Gasteiger partial charge in [-0.3, -0.25) is 0 Å². The van der Waals surface area contributed by atoms with Crippen molar-refractivity contribution in [3.05, 3.63) is 0 Å². The van der Waals surface area contributed by atoms with Crippen molar-refractivity contribution in [3.63, 3.8) is 0 Å². The fourth-order valence-corrected chi connectivity index (χ4v) is 2.22. The highest BCUT2D eigenvalue weighted by molar-refractivity contribution is 4.73. The third kappa shape index (κ3) is 3.97. The van der Waals surface area contributed by atoms with E-state index in [1.54, 1.807) is 0 Å². The molecule has 0 bridgehead atoms. The van der Waals surface area contributed by atoms with Crippen LogP contribution < -0.4 is 0 Å². The van der Waals surface area contributed by atoms with Crippen LogP contribution in [0.15, 0.2) is 0 Å². The van der Waals surface area contributed by atoms with Crippen molar-refractivity contribution in [2.75, 3.05) is 0 Å². The van der Waals surface area contributed by atoms with Gasteiger partial charge in [-0.2, -0.15) is 0 Å². The molecular weight excluding hydrogens is 176 g/mol. The predicted octanol–water partition coefficient (Wildman–Crippen LogP) is 3.09. The van der Waals surface area contributed by atoms with E-state index in [0.29, 0.717) is 5.92 Å². The van der Waals surface area contributed by atoms with Gasteiger partial charge in [-0.05, 0) is 19.8 Å². The fraction of sp³-hybridized carbons (Fsp3) is 1.00. The van der Waals surface area contributed by atoms with E-state index in [2.05, 4.69) is 6.92 Å². The molecular formula is C12H24O2. The zero-order chi connectivity index (χ0) is 10.4. The van der Waals surface area contributed by atoms with Crippen LogP contribution in [0.5, 0.6) is 0 Å². The summed E-state index contributed by atoms with van der Waals surface area (Å²) < 4.78 is 5.31. The Morgan fingerprint density at radius 2 is 1.93 bits per heavy atom. The molecule has 0 spiro atoms. The Bertz CT molecular complexity index is 147. The molecule has 1 saturated heterocycles. The smallest absolute Gasteiger partial charge is 0.157 e. The van der Waals surface area contributed by atoms with Crippen molar-refractivity contribution in [3.8, 4) is 0 Å². The summed E-state index contributed by atoms with van der Waals surface area (Å²) in [5, 5.41) is 9.54. The first-order valence-corrected chi connectivity index (χ1v) is 6.07. The molecule has 2 nitrogen and oxygen atoms in total. The van der Waals surface area contributed by atoms with Crippen molar-refractivity contribution in [1.29, 1.82) is 0 Å². The minimum atomic E-state index is -0.490. The van der Waals surface area contributed by atoms with Crippen LogP contribution in [0.3, 0.4) is 0 Å². The maximum atomic E-state index is 9.54. The molecule has 1 rings (SSSR count). The van der Waals surface area contributed by atoms with Gasteiger partial charge in [-0.1, -0.05) is 39.0 Å². The summed E-state index contributed by atoms with van der Waals surface area (Å²) in [6.07, 6.45) is 8.48. The van der Waals surface area contributed by atoms with Crippen LogP contribution in [0.4, 0.5) is 0 Å². The van der Waals surface area contributed by atoms with Crippen LogP contribution in [0.2, 0.25) is 0 Å². The van der Waals surface area contributed by atoms with Gasteiger partial charge in [-0.25, -0.2) is 0 Å². The maximum absolute atomic E-state index is 9.54. The molecule has 2 heteroatoms. The largest absolute Gasteiger partial charge is 0.368 e. The van der Waals surface area contributed by atoms with Crippen LogP contribution in [0.1, 0.15) is 58.8 Å². The second-order valence-corrected chi connectivity index (χ2v) is 4.54. The first kappa shape index (κ1) is 12.0. The van der Waals surface area contributed by atoms with Gasteiger partial charge in [0.15, 0.2) is 6.29 Å². The second-order valence-electron chi connectivity index (χ2n) is 4.54. The van der Waals surface area contributed by atoms with Gasteiger partial charge in [0.1, 0.15) is 0 Å². The molecule has 0 aromatic carbocycles. The minimum Gasteiger partial charge on any atom is -0.368 e. The SMILES string of the molecule is CCCCCCC[C@@H]1CC(C)OC1O. The summed E-state index contributed by atoms with van der Waals surface area (Å²) in [6, 6.07) is 0. The van der Waals surface area contributed by atoms with Crippen LogP contribution in [-0.4, -0.2) is 17.5 Å². The maximum Gasteiger partial charge on any atom is 0.157 e. The molecule has 0 saturated carbocycles. The summed E-state index contributed by atoms with van der Waals surface area (Å²) in [7, 11) is 0. The molecule has 0 radical (unpaired) electrons. The standard InChI is InChI=1S/C12H24O2/c1-3-4-5-6-7-8-11-9-10(2)14-12(11)13/h10-13H,3-9H2,1-2H3/t10?,11-,12?/m1/s1. The van der Waals surface area contributed by atoms with Gasteiger partial charge in [0.25, 0.3) is 0 Å². The van der Waals surface area contributed by atoms with Crippen molar-refractivity contribution < 1.29 is 9.84 Å². The van der Waals surface area contributed by atoms with Crippen molar-refractivity contribution in [1.82, 2.24) is 0 Å². The number of hydrogen-bond donors (Lipinski definition) is 1. The molecule has 0 amide bonds. The first-order valence-electron chi connectivity index (χ1n) is 6.07. The molecule has 1 heterocycles. The quantitative estimate of drug-likeness (QED) is 0.668. The summed E-state index contributed by atoms with van der Waals surface area (Å²) in [5.74, 6) is 0.395. The Morgan fingerprint density at radius 1 is 1.21 bits per heavy atom. The number of unbranched alkanes of at least 4 members (excludes halogenated alkanes) is 4. The highest BCUT2D eigenvalue weighted by atomic mass is 16.6. The van der Waals surface area contributed by atoms with Crippen LogP contribution in [0.25, 0.3) is 0 Å². The lowest BCUT2D eigenvalue weighted by Crippen LogP contribution is -2.14. The highest BCUT2D eigenvalue weighted by Gasteiger charge is 2.30. The zero-order valence-electron chi connectivity index (χ0n) is 9.54.